The van der Waals surface area contributed by atoms with Crippen molar-refractivity contribution in [1.29, 1.82) is 0 Å². The van der Waals surface area contributed by atoms with E-state index in [1.165, 1.54) is 25.7 Å². The molecule has 2 fully saturated rings. The summed E-state index contributed by atoms with van der Waals surface area (Å²) in [6, 6.07) is 8.41. The van der Waals surface area contributed by atoms with E-state index >= 15 is 0 Å². The summed E-state index contributed by atoms with van der Waals surface area (Å²) in [5, 5.41) is 5.00. The maximum absolute atomic E-state index is 12.9. The molecule has 162 valence electrons. The van der Waals surface area contributed by atoms with Gasteiger partial charge < -0.3 is 10.1 Å². The third kappa shape index (κ3) is 5.71. The number of para-hydroxylation sites is 1. The zero-order chi connectivity index (χ0) is 20.8. The van der Waals surface area contributed by atoms with Crippen molar-refractivity contribution >= 4 is 28.6 Å². The van der Waals surface area contributed by atoms with Crippen LogP contribution in [0.1, 0.15) is 51.3 Å². The Labute approximate surface area is 183 Å². The van der Waals surface area contributed by atoms with E-state index in [4.69, 9.17) is 14.7 Å². The van der Waals surface area contributed by atoms with Crippen LogP contribution < -0.4 is 5.32 Å². The predicted octanol–water partition coefficient (Wildman–Crippen LogP) is 3.78. The molecular formula is C23H32N4O2S. The van der Waals surface area contributed by atoms with Gasteiger partial charge in [0.25, 0.3) is 0 Å². The lowest BCUT2D eigenvalue weighted by molar-refractivity contribution is -0.121. The summed E-state index contributed by atoms with van der Waals surface area (Å²) in [7, 11) is 0. The van der Waals surface area contributed by atoms with Crippen LogP contribution in [0.4, 0.5) is 0 Å². The molecule has 2 aromatic rings. The van der Waals surface area contributed by atoms with Gasteiger partial charge in [0, 0.05) is 24.5 Å². The van der Waals surface area contributed by atoms with E-state index in [0.717, 1.165) is 60.9 Å². The molecule has 30 heavy (non-hydrogen) atoms. The molecule has 0 radical (unpaired) electrons. The molecule has 1 N–H and O–H groups in total. The molecule has 1 amide bonds. The minimum Gasteiger partial charge on any atom is -0.379 e. The fraction of sp³-hybridized carbons (Fsp3) is 0.609. The Morgan fingerprint density at radius 2 is 1.90 bits per heavy atom. The van der Waals surface area contributed by atoms with Gasteiger partial charge in [0.2, 0.25) is 5.91 Å². The smallest absolute Gasteiger partial charge is 0.233 e. The summed E-state index contributed by atoms with van der Waals surface area (Å²) in [6.07, 6.45) is 7.21. The maximum atomic E-state index is 12.9. The fourth-order valence-corrected chi connectivity index (χ4v) is 5.14. The second kappa shape index (κ2) is 10.6. The molecule has 0 bridgehead atoms. The van der Waals surface area contributed by atoms with Crippen LogP contribution in [0.25, 0.3) is 10.9 Å². The van der Waals surface area contributed by atoms with Gasteiger partial charge in [-0.1, -0.05) is 55.6 Å². The Morgan fingerprint density at radius 1 is 1.17 bits per heavy atom. The van der Waals surface area contributed by atoms with E-state index < -0.39 is 0 Å². The number of carbonyl (C=O) groups is 1. The van der Waals surface area contributed by atoms with Gasteiger partial charge in [0.05, 0.1) is 30.5 Å². The lowest BCUT2D eigenvalue weighted by Crippen LogP contribution is -2.39. The van der Waals surface area contributed by atoms with Crippen LogP contribution in [-0.4, -0.2) is 58.4 Å². The van der Waals surface area contributed by atoms with Crippen molar-refractivity contribution in [3.8, 4) is 0 Å². The SMILES string of the molecule is C[C@@H](Sc1nc(CN2CCOCC2)nc2ccccc12)C(=O)NC1CCCCCC1. The van der Waals surface area contributed by atoms with Crippen LogP contribution in [-0.2, 0) is 16.1 Å². The Balaban J connectivity index is 1.47. The minimum absolute atomic E-state index is 0.115. The molecular weight excluding hydrogens is 396 g/mol. The zero-order valence-electron chi connectivity index (χ0n) is 17.8. The summed E-state index contributed by atoms with van der Waals surface area (Å²) >= 11 is 1.54. The highest BCUT2D eigenvalue weighted by molar-refractivity contribution is 8.00. The monoisotopic (exact) mass is 428 g/mol. The number of nitrogens with zero attached hydrogens (tertiary/aromatic N) is 3. The number of aromatic nitrogens is 2. The van der Waals surface area contributed by atoms with E-state index in [0.29, 0.717) is 12.6 Å². The predicted molar refractivity (Wildman–Crippen MR) is 121 cm³/mol. The molecule has 1 aromatic heterocycles. The minimum atomic E-state index is -0.192. The van der Waals surface area contributed by atoms with Crippen LogP contribution in [0.3, 0.4) is 0 Å². The quantitative estimate of drug-likeness (QED) is 0.429. The van der Waals surface area contributed by atoms with Crippen LogP contribution in [0, 0.1) is 0 Å². The number of ether oxygens (including phenoxy) is 1. The van der Waals surface area contributed by atoms with Crippen molar-refractivity contribution in [1.82, 2.24) is 20.2 Å². The third-order valence-electron chi connectivity index (χ3n) is 5.94. The lowest BCUT2D eigenvalue weighted by Gasteiger charge is -2.26. The number of hydrogen-bond acceptors (Lipinski definition) is 6. The normalized spacial score (nSPS) is 20.0. The first kappa shape index (κ1) is 21.5. The molecule has 4 rings (SSSR count). The number of nitrogens with one attached hydrogen (secondary N) is 1. The maximum Gasteiger partial charge on any atom is 0.233 e. The van der Waals surface area contributed by atoms with Gasteiger partial charge in [-0.2, -0.15) is 0 Å². The first-order valence-corrected chi connectivity index (χ1v) is 12.1. The van der Waals surface area contributed by atoms with Crippen molar-refractivity contribution in [2.75, 3.05) is 26.3 Å². The molecule has 1 aliphatic carbocycles. The van der Waals surface area contributed by atoms with Crippen molar-refractivity contribution in [3.63, 3.8) is 0 Å². The second-order valence-corrected chi connectivity index (χ2v) is 9.64. The van der Waals surface area contributed by atoms with Gasteiger partial charge in [-0.25, -0.2) is 9.97 Å². The number of hydrogen-bond donors (Lipinski definition) is 1. The zero-order valence-corrected chi connectivity index (χ0v) is 18.6. The molecule has 6 nitrogen and oxygen atoms in total. The molecule has 1 saturated carbocycles. The van der Waals surface area contributed by atoms with Gasteiger partial charge in [0.15, 0.2) is 0 Å². The van der Waals surface area contributed by atoms with Gasteiger partial charge in [0.1, 0.15) is 10.9 Å². The summed E-state index contributed by atoms with van der Waals surface area (Å²) in [6.45, 7) is 6.01. The highest BCUT2D eigenvalue weighted by Gasteiger charge is 2.22. The summed E-state index contributed by atoms with van der Waals surface area (Å²) in [5.74, 6) is 0.929. The van der Waals surface area contributed by atoms with Crippen LogP contribution in [0.15, 0.2) is 29.3 Å². The van der Waals surface area contributed by atoms with Crippen molar-refractivity contribution < 1.29 is 9.53 Å². The third-order valence-corrected chi connectivity index (χ3v) is 7.04. The molecule has 2 heterocycles. The number of benzene rings is 1. The van der Waals surface area contributed by atoms with Gasteiger partial charge in [-0.05, 0) is 25.8 Å². The number of amides is 1. The molecule has 1 aromatic carbocycles. The highest BCUT2D eigenvalue weighted by Crippen LogP contribution is 2.29. The number of rotatable bonds is 6. The topological polar surface area (TPSA) is 67.3 Å². The average molecular weight is 429 g/mol. The van der Waals surface area contributed by atoms with Crippen molar-refractivity contribution in [2.45, 2.75) is 68.3 Å². The Hall–Kier alpha value is -1.70. The van der Waals surface area contributed by atoms with E-state index in [2.05, 4.69) is 10.2 Å². The van der Waals surface area contributed by atoms with Crippen molar-refractivity contribution in [2.24, 2.45) is 0 Å². The number of fused-ring (bicyclic) bond motifs is 1. The largest absolute Gasteiger partial charge is 0.379 e. The van der Waals surface area contributed by atoms with Crippen LogP contribution in [0.5, 0.6) is 0 Å². The molecule has 1 aliphatic heterocycles. The summed E-state index contributed by atoms with van der Waals surface area (Å²) < 4.78 is 5.45. The molecule has 0 unspecified atom stereocenters. The van der Waals surface area contributed by atoms with E-state index in [1.807, 2.05) is 31.2 Å². The molecule has 7 heteroatoms. The van der Waals surface area contributed by atoms with Gasteiger partial charge >= 0.3 is 0 Å². The first-order valence-electron chi connectivity index (χ1n) is 11.2. The molecule has 0 spiro atoms. The summed E-state index contributed by atoms with van der Waals surface area (Å²) in [5.41, 5.74) is 0.939. The van der Waals surface area contributed by atoms with Gasteiger partial charge in [-0.3, -0.25) is 9.69 Å². The molecule has 1 atom stereocenters. The first-order chi connectivity index (χ1) is 14.7. The van der Waals surface area contributed by atoms with E-state index in [1.54, 1.807) is 11.8 Å². The standard InChI is InChI=1S/C23H32N4O2S/c1-17(22(28)24-18-8-4-2-3-5-9-18)30-23-19-10-6-7-11-20(19)25-21(26-23)16-27-12-14-29-15-13-27/h6-7,10-11,17-18H,2-5,8-9,12-16H2,1H3,(H,24,28)/t17-/m1/s1. The van der Waals surface area contributed by atoms with Crippen LogP contribution in [0.2, 0.25) is 0 Å². The number of thioether (sulfide) groups is 1. The fourth-order valence-electron chi connectivity index (χ4n) is 4.18. The summed E-state index contributed by atoms with van der Waals surface area (Å²) in [4.78, 5) is 24.8. The van der Waals surface area contributed by atoms with E-state index in [-0.39, 0.29) is 11.2 Å². The number of carbonyl (C=O) groups excluding carboxylic acids is 1. The second-order valence-electron chi connectivity index (χ2n) is 8.31. The Kier molecular flexibility index (Phi) is 7.57. The highest BCUT2D eigenvalue weighted by atomic mass is 32.2. The van der Waals surface area contributed by atoms with Crippen molar-refractivity contribution in [3.05, 3.63) is 30.1 Å². The Morgan fingerprint density at radius 3 is 2.67 bits per heavy atom. The van der Waals surface area contributed by atoms with E-state index in [9.17, 15) is 4.79 Å². The lowest BCUT2D eigenvalue weighted by atomic mass is 10.1. The Bertz CT molecular complexity index is 848. The molecule has 1 saturated heterocycles. The average Bonchev–Trinajstić information content (AvgIpc) is 3.03. The molecule has 2 aliphatic rings. The van der Waals surface area contributed by atoms with Crippen LogP contribution >= 0.6 is 11.8 Å². The van der Waals surface area contributed by atoms with Gasteiger partial charge in [-0.15, -0.1) is 0 Å². The number of morpholine rings is 1.